The SMILES string of the molecule is Brc1cnc(Br)s1.Cc1cc(-c2ncc(Br)s2)ccc1N.Cc1ccc(N)c(C)c1. The molecular formula is C21H21Br3N4S2. The molecule has 9 heteroatoms. The maximum absolute atomic E-state index is 5.75. The van der Waals surface area contributed by atoms with Crippen LogP contribution in [-0.2, 0) is 0 Å². The molecule has 0 amide bonds. The monoisotopic (exact) mass is 630 g/mol. The molecule has 2 aromatic heterocycles. The number of nitrogens with two attached hydrogens (primary N) is 2. The minimum Gasteiger partial charge on any atom is -0.399 e. The molecule has 30 heavy (non-hydrogen) atoms. The average Bonchev–Trinajstić information content (AvgIpc) is 3.29. The number of benzene rings is 2. The molecule has 4 nitrogen and oxygen atoms in total. The zero-order valence-corrected chi connectivity index (χ0v) is 23.0. The number of hydrogen-bond acceptors (Lipinski definition) is 6. The molecule has 0 aliphatic rings. The van der Waals surface area contributed by atoms with Gasteiger partial charge in [0.05, 0.1) is 20.0 Å². The van der Waals surface area contributed by atoms with Gasteiger partial charge in [0.25, 0.3) is 0 Å². The summed E-state index contributed by atoms with van der Waals surface area (Å²) in [6, 6.07) is 12.0. The minimum atomic E-state index is 0.823. The van der Waals surface area contributed by atoms with Crippen molar-refractivity contribution in [2.75, 3.05) is 11.5 Å². The van der Waals surface area contributed by atoms with E-state index in [2.05, 4.69) is 76.8 Å². The molecule has 0 atom stereocenters. The van der Waals surface area contributed by atoms with Gasteiger partial charge in [0.2, 0.25) is 0 Å². The first-order chi connectivity index (χ1) is 14.2. The zero-order valence-electron chi connectivity index (χ0n) is 16.6. The Balaban J connectivity index is 0.000000173. The van der Waals surface area contributed by atoms with Crippen molar-refractivity contribution in [1.29, 1.82) is 0 Å². The Bertz CT molecular complexity index is 1090. The Hall–Kier alpha value is -1.26. The largest absolute Gasteiger partial charge is 0.399 e. The van der Waals surface area contributed by atoms with Crippen LogP contribution in [0.3, 0.4) is 0 Å². The molecule has 0 radical (unpaired) electrons. The second-order valence-electron chi connectivity index (χ2n) is 6.32. The van der Waals surface area contributed by atoms with Crippen LogP contribution in [0.5, 0.6) is 0 Å². The van der Waals surface area contributed by atoms with E-state index in [0.717, 1.165) is 44.6 Å². The molecule has 0 fully saturated rings. The van der Waals surface area contributed by atoms with Gasteiger partial charge >= 0.3 is 0 Å². The molecule has 0 bridgehead atoms. The van der Waals surface area contributed by atoms with Gasteiger partial charge in [0.1, 0.15) is 5.01 Å². The van der Waals surface area contributed by atoms with E-state index in [1.165, 1.54) is 5.56 Å². The normalized spacial score (nSPS) is 9.93. The lowest BCUT2D eigenvalue weighted by atomic mass is 10.1. The predicted molar refractivity (Wildman–Crippen MR) is 142 cm³/mol. The molecule has 2 heterocycles. The fourth-order valence-corrected chi connectivity index (χ4v) is 5.67. The van der Waals surface area contributed by atoms with Crippen LogP contribution in [-0.4, -0.2) is 9.97 Å². The van der Waals surface area contributed by atoms with E-state index in [1.807, 2.05) is 44.3 Å². The highest BCUT2D eigenvalue weighted by Gasteiger charge is 2.04. The number of rotatable bonds is 1. The Morgan fingerprint density at radius 2 is 1.30 bits per heavy atom. The van der Waals surface area contributed by atoms with E-state index in [-0.39, 0.29) is 0 Å². The van der Waals surface area contributed by atoms with Gasteiger partial charge in [-0.15, -0.1) is 22.7 Å². The second kappa shape index (κ2) is 12.0. The Kier molecular flexibility index (Phi) is 9.96. The quantitative estimate of drug-likeness (QED) is 0.208. The second-order valence-corrected chi connectivity index (χ2v) is 12.4. The van der Waals surface area contributed by atoms with Crippen LogP contribution >= 0.6 is 70.5 Å². The van der Waals surface area contributed by atoms with Gasteiger partial charge in [-0.2, -0.15) is 0 Å². The van der Waals surface area contributed by atoms with Gasteiger partial charge in [0.15, 0.2) is 3.92 Å². The number of anilines is 2. The van der Waals surface area contributed by atoms with Gasteiger partial charge in [-0.25, -0.2) is 9.97 Å². The molecule has 0 saturated heterocycles. The van der Waals surface area contributed by atoms with Crippen LogP contribution in [0.2, 0.25) is 0 Å². The molecule has 0 spiro atoms. The summed E-state index contributed by atoms with van der Waals surface area (Å²) in [5, 5.41) is 1.01. The maximum Gasteiger partial charge on any atom is 0.160 e. The highest BCUT2D eigenvalue weighted by atomic mass is 79.9. The molecule has 2 aromatic carbocycles. The molecule has 4 N–H and O–H groups in total. The van der Waals surface area contributed by atoms with Crippen molar-refractivity contribution >= 4 is 81.8 Å². The summed E-state index contributed by atoms with van der Waals surface area (Å²) < 4.78 is 3.01. The van der Waals surface area contributed by atoms with Crippen LogP contribution in [0, 0.1) is 20.8 Å². The highest BCUT2D eigenvalue weighted by molar-refractivity contribution is 9.12. The number of hydrogen-bond donors (Lipinski definition) is 2. The third-order valence-corrected chi connectivity index (χ3v) is 7.35. The first-order valence-electron chi connectivity index (χ1n) is 8.73. The predicted octanol–water partition coefficient (Wildman–Crippen LogP) is 8.02. The molecule has 0 saturated carbocycles. The van der Waals surface area contributed by atoms with Crippen molar-refractivity contribution in [2.45, 2.75) is 20.8 Å². The molecule has 158 valence electrons. The number of aromatic nitrogens is 2. The summed E-state index contributed by atoms with van der Waals surface area (Å²) in [6.07, 6.45) is 3.57. The summed E-state index contributed by atoms with van der Waals surface area (Å²) in [7, 11) is 0. The molecule has 0 aliphatic heterocycles. The summed E-state index contributed by atoms with van der Waals surface area (Å²) in [4.78, 5) is 8.19. The van der Waals surface area contributed by atoms with E-state index in [9.17, 15) is 0 Å². The lowest BCUT2D eigenvalue weighted by Crippen LogP contribution is -1.88. The standard InChI is InChI=1S/C10H9BrN2S.C8H11N.C3HBr2NS/c1-6-4-7(2-3-8(6)12)10-13-5-9(11)14-10;1-6-3-4-8(9)7(2)5-6;4-2-1-6-3(5)7-2/h2-5H,12H2,1H3;3-5H,9H2,1-2H3;1H. The first kappa shape index (κ1) is 25.0. The van der Waals surface area contributed by atoms with Crippen molar-refractivity contribution in [3.8, 4) is 10.6 Å². The van der Waals surface area contributed by atoms with Crippen LogP contribution in [0.1, 0.15) is 16.7 Å². The lowest BCUT2D eigenvalue weighted by Gasteiger charge is -2.01. The van der Waals surface area contributed by atoms with Gasteiger partial charge in [-0.05, 0) is 104 Å². The molecular weight excluding hydrogens is 612 g/mol. The third kappa shape index (κ3) is 8.11. The van der Waals surface area contributed by atoms with E-state index in [0.29, 0.717) is 0 Å². The number of nitrogen functional groups attached to an aromatic ring is 2. The number of nitrogens with zero attached hydrogens (tertiary/aromatic N) is 2. The summed E-state index contributed by atoms with van der Waals surface area (Å²) in [5.74, 6) is 0. The van der Waals surface area contributed by atoms with E-state index in [1.54, 1.807) is 28.9 Å². The zero-order chi connectivity index (χ0) is 22.3. The fourth-order valence-electron chi connectivity index (χ4n) is 2.26. The fraction of sp³-hybridized carbons (Fsp3) is 0.143. The van der Waals surface area contributed by atoms with Crippen LogP contribution in [0.15, 0.2) is 60.3 Å². The van der Waals surface area contributed by atoms with Crippen LogP contribution < -0.4 is 11.5 Å². The number of halogens is 3. The maximum atomic E-state index is 5.75. The topological polar surface area (TPSA) is 77.8 Å². The molecule has 4 rings (SSSR count). The van der Waals surface area contributed by atoms with Crippen LogP contribution in [0.4, 0.5) is 11.4 Å². The van der Waals surface area contributed by atoms with Crippen molar-refractivity contribution in [3.63, 3.8) is 0 Å². The van der Waals surface area contributed by atoms with Crippen molar-refractivity contribution in [3.05, 3.63) is 77.0 Å². The highest BCUT2D eigenvalue weighted by Crippen LogP contribution is 2.29. The smallest absolute Gasteiger partial charge is 0.160 e. The third-order valence-electron chi connectivity index (χ3n) is 3.87. The van der Waals surface area contributed by atoms with Crippen molar-refractivity contribution < 1.29 is 0 Å². The number of thiazole rings is 2. The van der Waals surface area contributed by atoms with Crippen molar-refractivity contribution in [2.24, 2.45) is 0 Å². The summed E-state index contributed by atoms with van der Waals surface area (Å²) in [6.45, 7) is 6.08. The van der Waals surface area contributed by atoms with Gasteiger partial charge in [-0.3, -0.25) is 0 Å². The lowest BCUT2D eigenvalue weighted by molar-refractivity contribution is 1.37. The van der Waals surface area contributed by atoms with E-state index in [4.69, 9.17) is 11.5 Å². The Morgan fingerprint density at radius 1 is 0.733 bits per heavy atom. The molecule has 4 aromatic rings. The summed E-state index contributed by atoms with van der Waals surface area (Å²) >= 11 is 13.0. The van der Waals surface area contributed by atoms with Gasteiger partial charge in [0, 0.05) is 16.9 Å². The minimum absolute atomic E-state index is 0.823. The van der Waals surface area contributed by atoms with Gasteiger partial charge < -0.3 is 11.5 Å². The van der Waals surface area contributed by atoms with E-state index < -0.39 is 0 Å². The van der Waals surface area contributed by atoms with Crippen molar-refractivity contribution in [1.82, 2.24) is 9.97 Å². The first-order valence-corrected chi connectivity index (χ1v) is 12.7. The number of aryl methyl sites for hydroxylation is 3. The molecule has 0 aliphatic carbocycles. The Morgan fingerprint density at radius 3 is 1.70 bits per heavy atom. The Labute approximate surface area is 210 Å². The molecule has 0 unspecified atom stereocenters. The van der Waals surface area contributed by atoms with Gasteiger partial charge in [-0.1, -0.05) is 17.7 Å². The summed E-state index contributed by atoms with van der Waals surface area (Å²) in [5.41, 5.74) is 17.7. The van der Waals surface area contributed by atoms with E-state index >= 15 is 0 Å². The van der Waals surface area contributed by atoms with Crippen LogP contribution in [0.25, 0.3) is 10.6 Å². The average molecular weight is 633 g/mol.